The van der Waals surface area contributed by atoms with Gasteiger partial charge >= 0.3 is 0 Å². The maximum absolute atomic E-state index is 13.5. The molecule has 0 radical (unpaired) electrons. The van der Waals surface area contributed by atoms with Gasteiger partial charge in [-0.2, -0.15) is 0 Å². The topological polar surface area (TPSA) is 12.0 Å². The van der Waals surface area contributed by atoms with Crippen molar-refractivity contribution in [3.05, 3.63) is 35.1 Å². The van der Waals surface area contributed by atoms with Crippen molar-refractivity contribution >= 4 is 0 Å². The third-order valence-electron chi connectivity index (χ3n) is 3.56. The van der Waals surface area contributed by atoms with E-state index in [2.05, 4.69) is 25.2 Å². The molecule has 1 N–H and O–H groups in total. The third-order valence-corrected chi connectivity index (χ3v) is 3.56. The quantitative estimate of drug-likeness (QED) is 0.765. The van der Waals surface area contributed by atoms with E-state index in [1.165, 1.54) is 18.4 Å². The van der Waals surface area contributed by atoms with E-state index < -0.39 is 0 Å². The van der Waals surface area contributed by atoms with Gasteiger partial charge in [-0.15, -0.1) is 0 Å². The number of benzene rings is 1. The Hall–Kier alpha value is -0.890. The molecule has 2 heteroatoms. The molecule has 1 aliphatic rings. The highest BCUT2D eigenvalue weighted by Crippen LogP contribution is 2.32. The van der Waals surface area contributed by atoms with Gasteiger partial charge < -0.3 is 5.32 Å². The molecular formula is C15H22FN. The Balaban J connectivity index is 1.87. The first-order chi connectivity index (χ1) is 8.18. The van der Waals surface area contributed by atoms with E-state index >= 15 is 0 Å². The molecule has 1 aromatic rings. The molecule has 94 valence electrons. The minimum Gasteiger partial charge on any atom is -0.310 e. The number of rotatable bonds is 5. The minimum absolute atomic E-state index is 0.0334. The fraction of sp³-hybridized carbons (Fsp3) is 0.600. The third kappa shape index (κ3) is 3.06. The summed E-state index contributed by atoms with van der Waals surface area (Å²) >= 11 is 0. The SMILES string of the molecule is CC(C)CCCNC1CCc2c(F)cccc21. The van der Waals surface area contributed by atoms with Gasteiger partial charge in [-0.3, -0.25) is 0 Å². The zero-order valence-corrected chi connectivity index (χ0v) is 10.8. The van der Waals surface area contributed by atoms with Gasteiger partial charge in [0.25, 0.3) is 0 Å². The molecule has 1 atom stereocenters. The Morgan fingerprint density at radius 2 is 2.24 bits per heavy atom. The van der Waals surface area contributed by atoms with Crippen molar-refractivity contribution in [1.82, 2.24) is 5.32 Å². The Bertz CT molecular complexity index is 373. The van der Waals surface area contributed by atoms with E-state index in [0.29, 0.717) is 6.04 Å². The molecule has 1 aliphatic carbocycles. The number of hydrogen-bond donors (Lipinski definition) is 1. The second-order valence-corrected chi connectivity index (χ2v) is 5.39. The fourth-order valence-electron chi connectivity index (χ4n) is 2.61. The Labute approximate surface area is 103 Å². The number of halogens is 1. The summed E-state index contributed by atoms with van der Waals surface area (Å²) in [7, 11) is 0. The standard InChI is InChI=1S/C15H22FN/c1-11(2)5-4-10-17-15-9-8-12-13(15)6-3-7-14(12)16/h3,6-7,11,15,17H,4-5,8-10H2,1-2H3. The highest BCUT2D eigenvalue weighted by molar-refractivity contribution is 5.35. The predicted octanol–water partition coefficient (Wildman–Crippen LogP) is 3.84. The van der Waals surface area contributed by atoms with Crippen LogP contribution >= 0.6 is 0 Å². The van der Waals surface area contributed by atoms with Crippen molar-refractivity contribution in [2.75, 3.05) is 6.54 Å². The van der Waals surface area contributed by atoms with Crippen LogP contribution in [0.5, 0.6) is 0 Å². The number of nitrogens with one attached hydrogen (secondary N) is 1. The second kappa shape index (κ2) is 5.63. The predicted molar refractivity (Wildman–Crippen MR) is 69.5 cm³/mol. The van der Waals surface area contributed by atoms with Crippen LogP contribution in [0.15, 0.2) is 18.2 Å². The zero-order valence-electron chi connectivity index (χ0n) is 10.8. The summed E-state index contributed by atoms with van der Waals surface area (Å²) < 4.78 is 13.5. The molecular weight excluding hydrogens is 213 g/mol. The lowest BCUT2D eigenvalue weighted by molar-refractivity contribution is 0.479. The minimum atomic E-state index is -0.0334. The highest BCUT2D eigenvalue weighted by Gasteiger charge is 2.23. The lowest BCUT2D eigenvalue weighted by atomic mass is 10.1. The Kier molecular flexibility index (Phi) is 4.16. The summed E-state index contributed by atoms with van der Waals surface area (Å²) in [6, 6.07) is 5.82. The molecule has 2 rings (SSSR count). The van der Waals surface area contributed by atoms with E-state index in [4.69, 9.17) is 0 Å². The summed E-state index contributed by atoms with van der Waals surface area (Å²) in [6.45, 7) is 5.54. The van der Waals surface area contributed by atoms with Gasteiger partial charge in [-0.05, 0) is 55.3 Å². The average molecular weight is 235 g/mol. The first-order valence-corrected chi connectivity index (χ1v) is 6.69. The molecule has 0 amide bonds. The first-order valence-electron chi connectivity index (χ1n) is 6.69. The second-order valence-electron chi connectivity index (χ2n) is 5.39. The summed E-state index contributed by atoms with van der Waals surface area (Å²) in [5.41, 5.74) is 2.10. The van der Waals surface area contributed by atoms with Crippen molar-refractivity contribution in [3.8, 4) is 0 Å². The largest absolute Gasteiger partial charge is 0.310 e. The smallest absolute Gasteiger partial charge is 0.126 e. The van der Waals surface area contributed by atoms with Gasteiger partial charge in [0.05, 0.1) is 0 Å². The van der Waals surface area contributed by atoms with Gasteiger partial charge in [-0.25, -0.2) is 4.39 Å². The summed E-state index contributed by atoms with van der Waals surface area (Å²) in [5.74, 6) is 0.735. The van der Waals surface area contributed by atoms with E-state index in [1.807, 2.05) is 6.07 Å². The lowest BCUT2D eigenvalue weighted by Gasteiger charge is -2.14. The molecule has 17 heavy (non-hydrogen) atoms. The number of hydrogen-bond acceptors (Lipinski definition) is 1. The fourth-order valence-corrected chi connectivity index (χ4v) is 2.61. The molecule has 1 unspecified atom stereocenters. The van der Waals surface area contributed by atoms with Gasteiger partial charge in [-0.1, -0.05) is 26.0 Å². The normalized spacial score (nSPS) is 18.7. The van der Waals surface area contributed by atoms with Crippen molar-refractivity contribution in [3.63, 3.8) is 0 Å². The van der Waals surface area contributed by atoms with Crippen LogP contribution in [0.4, 0.5) is 4.39 Å². The van der Waals surface area contributed by atoms with Crippen LogP contribution < -0.4 is 5.32 Å². The average Bonchev–Trinajstić information content (AvgIpc) is 2.69. The highest BCUT2D eigenvalue weighted by atomic mass is 19.1. The van der Waals surface area contributed by atoms with Crippen LogP contribution in [0.1, 0.15) is 50.3 Å². The van der Waals surface area contributed by atoms with E-state index in [0.717, 1.165) is 30.9 Å². The molecule has 0 aliphatic heterocycles. The molecule has 1 nitrogen and oxygen atoms in total. The van der Waals surface area contributed by atoms with Crippen LogP contribution in [0.25, 0.3) is 0 Å². The van der Waals surface area contributed by atoms with Crippen molar-refractivity contribution in [1.29, 1.82) is 0 Å². The van der Waals surface area contributed by atoms with Crippen LogP contribution in [0.3, 0.4) is 0 Å². The number of fused-ring (bicyclic) bond motifs is 1. The van der Waals surface area contributed by atoms with E-state index in [-0.39, 0.29) is 5.82 Å². The van der Waals surface area contributed by atoms with E-state index in [9.17, 15) is 4.39 Å². The summed E-state index contributed by atoms with van der Waals surface area (Å²) in [6.07, 6.45) is 4.39. The monoisotopic (exact) mass is 235 g/mol. The molecule has 0 fully saturated rings. The van der Waals surface area contributed by atoms with Crippen molar-refractivity contribution in [2.24, 2.45) is 5.92 Å². The van der Waals surface area contributed by atoms with Crippen LogP contribution in [0.2, 0.25) is 0 Å². The van der Waals surface area contributed by atoms with Gasteiger partial charge in [0.2, 0.25) is 0 Å². The molecule has 1 aromatic carbocycles. The summed E-state index contributed by atoms with van der Waals surface area (Å²) in [5, 5.41) is 3.55. The van der Waals surface area contributed by atoms with Gasteiger partial charge in [0, 0.05) is 6.04 Å². The summed E-state index contributed by atoms with van der Waals surface area (Å²) in [4.78, 5) is 0. The van der Waals surface area contributed by atoms with E-state index in [1.54, 1.807) is 6.07 Å². The van der Waals surface area contributed by atoms with Crippen molar-refractivity contribution < 1.29 is 4.39 Å². The Morgan fingerprint density at radius 1 is 1.41 bits per heavy atom. The maximum atomic E-state index is 13.5. The molecule has 0 saturated carbocycles. The molecule has 0 spiro atoms. The Morgan fingerprint density at radius 3 is 3.00 bits per heavy atom. The first kappa shape index (κ1) is 12.6. The van der Waals surface area contributed by atoms with Crippen LogP contribution in [-0.4, -0.2) is 6.54 Å². The van der Waals surface area contributed by atoms with Gasteiger partial charge in [0.15, 0.2) is 0 Å². The lowest BCUT2D eigenvalue weighted by Crippen LogP contribution is -2.20. The van der Waals surface area contributed by atoms with Crippen LogP contribution in [0, 0.1) is 11.7 Å². The maximum Gasteiger partial charge on any atom is 0.126 e. The molecule has 0 heterocycles. The molecule has 0 saturated heterocycles. The van der Waals surface area contributed by atoms with Crippen molar-refractivity contribution in [2.45, 2.75) is 45.6 Å². The zero-order chi connectivity index (χ0) is 12.3. The van der Waals surface area contributed by atoms with Crippen LogP contribution in [-0.2, 0) is 6.42 Å². The molecule has 0 aromatic heterocycles. The van der Waals surface area contributed by atoms with Gasteiger partial charge in [0.1, 0.15) is 5.82 Å². The molecule has 0 bridgehead atoms.